The topological polar surface area (TPSA) is 49.3 Å². The van der Waals surface area contributed by atoms with Gasteiger partial charge in [0, 0.05) is 44.1 Å². The second-order valence-electron chi connectivity index (χ2n) is 7.18. The van der Waals surface area contributed by atoms with E-state index in [0.717, 1.165) is 43.8 Å². The average molecular weight is 362 g/mol. The fourth-order valence-electron chi connectivity index (χ4n) is 3.83. The number of fused-ring (bicyclic) bond motifs is 1. The van der Waals surface area contributed by atoms with Gasteiger partial charge in [-0.05, 0) is 42.5 Å². The van der Waals surface area contributed by atoms with Crippen LogP contribution in [-0.2, 0) is 13.1 Å². The number of anilines is 1. The fraction of sp³-hybridized carbons (Fsp3) is 0.318. The van der Waals surface area contributed by atoms with Crippen LogP contribution in [0.3, 0.4) is 0 Å². The lowest BCUT2D eigenvalue weighted by Crippen LogP contribution is -2.39. The molecule has 1 unspecified atom stereocenters. The zero-order valence-corrected chi connectivity index (χ0v) is 15.7. The summed E-state index contributed by atoms with van der Waals surface area (Å²) in [7, 11) is 0. The molecule has 3 aromatic rings. The van der Waals surface area contributed by atoms with E-state index in [9.17, 15) is 4.79 Å². The lowest BCUT2D eigenvalue weighted by Gasteiger charge is -2.17. The molecular weight excluding hydrogens is 336 g/mol. The normalized spacial score (nSPS) is 17.3. The third kappa shape index (κ3) is 4.14. The number of aryl methyl sites for hydroxylation is 1. The van der Waals surface area contributed by atoms with E-state index in [1.165, 1.54) is 10.9 Å². The Morgan fingerprint density at radius 1 is 1.15 bits per heavy atom. The van der Waals surface area contributed by atoms with Gasteiger partial charge in [0.2, 0.25) is 0 Å². The van der Waals surface area contributed by atoms with Gasteiger partial charge in [0.05, 0.1) is 5.52 Å². The molecule has 4 rings (SSSR count). The van der Waals surface area contributed by atoms with Gasteiger partial charge in [-0.1, -0.05) is 36.4 Å². The molecule has 140 valence electrons. The predicted molar refractivity (Wildman–Crippen MR) is 110 cm³/mol. The van der Waals surface area contributed by atoms with E-state index in [-0.39, 0.29) is 12.1 Å². The van der Waals surface area contributed by atoms with Crippen molar-refractivity contribution in [2.75, 3.05) is 18.4 Å². The summed E-state index contributed by atoms with van der Waals surface area (Å²) in [5.74, 6) is 0. The van der Waals surface area contributed by atoms with Crippen LogP contribution in [0.15, 0.2) is 60.8 Å². The highest BCUT2D eigenvalue weighted by atomic mass is 16.2. The number of rotatable bonds is 5. The highest BCUT2D eigenvalue weighted by Gasteiger charge is 2.23. The molecule has 1 aliphatic heterocycles. The molecule has 2 heterocycles. The molecule has 1 saturated heterocycles. The Balaban J connectivity index is 1.32. The van der Waals surface area contributed by atoms with Crippen LogP contribution in [0.5, 0.6) is 0 Å². The Labute approximate surface area is 160 Å². The van der Waals surface area contributed by atoms with Gasteiger partial charge in [0.1, 0.15) is 0 Å². The molecule has 0 saturated carbocycles. The number of nitrogens with one attached hydrogen (secondary N) is 2. The SMILES string of the molecule is CCn1ccc2ccc(NC(=O)NC3CCN(Cc4ccccc4)C3)cc21. The molecule has 1 aromatic heterocycles. The van der Waals surface area contributed by atoms with Crippen LogP contribution in [-0.4, -0.2) is 34.6 Å². The number of benzene rings is 2. The van der Waals surface area contributed by atoms with Gasteiger partial charge >= 0.3 is 6.03 Å². The van der Waals surface area contributed by atoms with Crippen LogP contribution in [0, 0.1) is 0 Å². The molecule has 0 spiro atoms. The summed E-state index contributed by atoms with van der Waals surface area (Å²) in [6, 6.07) is 18.7. The number of aromatic nitrogens is 1. The first-order chi connectivity index (χ1) is 13.2. The van der Waals surface area contributed by atoms with Gasteiger partial charge in [-0.3, -0.25) is 4.90 Å². The lowest BCUT2D eigenvalue weighted by molar-refractivity contribution is 0.247. The smallest absolute Gasteiger partial charge is 0.319 e. The maximum atomic E-state index is 12.4. The number of amides is 2. The lowest BCUT2D eigenvalue weighted by atomic mass is 10.2. The molecule has 0 radical (unpaired) electrons. The maximum Gasteiger partial charge on any atom is 0.319 e. The van der Waals surface area contributed by atoms with Crippen molar-refractivity contribution in [1.29, 1.82) is 0 Å². The highest BCUT2D eigenvalue weighted by Crippen LogP contribution is 2.21. The van der Waals surface area contributed by atoms with Crippen LogP contribution in [0.1, 0.15) is 18.9 Å². The second-order valence-corrected chi connectivity index (χ2v) is 7.18. The van der Waals surface area contributed by atoms with E-state index < -0.39 is 0 Å². The number of nitrogens with zero attached hydrogens (tertiary/aromatic N) is 2. The van der Waals surface area contributed by atoms with Crippen LogP contribution in [0.25, 0.3) is 10.9 Å². The molecule has 0 bridgehead atoms. The number of hydrogen-bond donors (Lipinski definition) is 2. The Morgan fingerprint density at radius 2 is 2.00 bits per heavy atom. The minimum absolute atomic E-state index is 0.129. The van der Waals surface area contributed by atoms with E-state index in [2.05, 4.69) is 63.6 Å². The second kappa shape index (κ2) is 7.84. The highest BCUT2D eigenvalue weighted by molar-refractivity contribution is 5.93. The molecule has 1 aliphatic rings. The summed E-state index contributed by atoms with van der Waals surface area (Å²) in [5, 5.41) is 7.29. The van der Waals surface area contributed by atoms with E-state index in [1.54, 1.807) is 0 Å². The van der Waals surface area contributed by atoms with Crippen LogP contribution >= 0.6 is 0 Å². The van der Waals surface area contributed by atoms with Crippen molar-refractivity contribution in [1.82, 2.24) is 14.8 Å². The van der Waals surface area contributed by atoms with E-state index in [1.807, 2.05) is 24.3 Å². The molecule has 0 aliphatic carbocycles. The number of carbonyl (C=O) groups is 1. The van der Waals surface area contributed by atoms with Crippen LogP contribution in [0.4, 0.5) is 10.5 Å². The summed E-state index contributed by atoms with van der Waals surface area (Å²) >= 11 is 0. The minimum Gasteiger partial charge on any atom is -0.348 e. The van der Waals surface area contributed by atoms with Crippen molar-refractivity contribution in [3.63, 3.8) is 0 Å². The molecule has 1 fully saturated rings. The van der Waals surface area contributed by atoms with Crippen molar-refractivity contribution in [2.24, 2.45) is 0 Å². The number of likely N-dealkylation sites (tertiary alicyclic amines) is 1. The van der Waals surface area contributed by atoms with Gasteiger partial charge in [0.15, 0.2) is 0 Å². The van der Waals surface area contributed by atoms with E-state index >= 15 is 0 Å². The third-order valence-electron chi connectivity index (χ3n) is 5.23. The molecule has 2 N–H and O–H groups in total. The summed E-state index contributed by atoms with van der Waals surface area (Å²) in [5.41, 5.74) is 3.28. The quantitative estimate of drug-likeness (QED) is 0.719. The first-order valence-corrected chi connectivity index (χ1v) is 9.64. The molecule has 1 atom stereocenters. The number of carbonyl (C=O) groups excluding carboxylic acids is 1. The molecular formula is C22H26N4O. The number of urea groups is 1. The van der Waals surface area contributed by atoms with Crippen molar-refractivity contribution in [3.8, 4) is 0 Å². The Kier molecular flexibility index (Phi) is 5.12. The average Bonchev–Trinajstić information content (AvgIpc) is 3.28. The zero-order valence-electron chi connectivity index (χ0n) is 15.7. The standard InChI is InChI=1S/C22H26N4O/c1-2-26-13-10-18-8-9-19(14-21(18)26)23-22(27)24-20-11-12-25(16-20)15-17-6-4-3-5-7-17/h3-10,13-14,20H,2,11-12,15-16H2,1H3,(H2,23,24,27). The van der Waals surface area contributed by atoms with Crippen molar-refractivity contribution in [2.45, 2.75) is 32.5 Å². The Bertz CT molecular complexity index is 918. The zero-order chi connectivity index (χ0) is 18.6. The predicted octanol–water partition coefficient (Wildman–Crippen LogP) is 4.06. The van der Waals surface area contributed by atoms with Crippen LogP contribution < -0.4 is 10.6 Å². The van der Waals surface area contributed by atoms with Crippen LogP contribution in [0.2, 0.25) is 0 Å². The van der Waals surface area contributed by atoms with Crippen molar-refractivity contribution < 1.29 is 4.79 Å². The summed E-state index contributed by atoms with van der Waals surface area (Å²) in [4.78, 5) is 14.8. The number of hydrogen-bond acceptors (Lipinski definition) is 2. The largest absolute Gasteiger partial charge is 0.348 e. The molecule has 2 amide bonds. The van der Waals surface area contributed by atoms with Gasteiger partial charge in [0.25, 0.3) is 0 Å². The molecule has 2 aromatic carbocycles. The van der Waals surface area contributed by atoms with Crippen molar-refractivity contribution >= 4 is 22.6 Å². The fourth-order valence-corrected chi connectivity index (χ4v) is 3.83. The summed E-state index contributed by atoms with van der Waals surface area (Å²) < 4.78 is 2.18. The summed E-state index contributed by atoms with van der Waals surface area (Å²) in [6.45, 7) is 5.87. The Morgan fingerprint density at radius 3 is 2.81 bits per heavy atom. The minimum atomic E-state index is -0.129. The third-order valence-corrected chi connectivity index (χ3v) is 5.23. The van der Waals surface area contributed by atoms with Gasteiger partial charge in [-0.25, -0.2) is 4.79 Å². The Hall–Kier alpha value is -2.79. The molecule has 5 heteroatoms. The molecule has 27 heavy (non-hydrogen) atoms. The summed E-state index contributed by atoms with van der Waals surface area (Å²) in [6.07, 6.45) is 3.06. The first-order valence-electron chi connectivity index (χ1n) is 9.64. The van der Waals surface area contributed by atoms with E-state index in [0.29, 0.717) is 0 Å². The van der Waals surface area contributed by atoms with E-state index in [4.69, 9.17) is 0 Å². The molecule has 5 nitrogen and oxygen atoms in total. The van der Waals surface area contributed by atoms with Gasteiger partial charge in [-0.2, -0.15) is 0 Å². The van der Waals surface area contributed by atoms with Gasteiger partial charge in [-0.15, -0.1) is 0 Å². The first kappa shape index (κ1) is 17.6. The van der Waals surface area contributed by atoms with Gasteiger partial charge < -0.3 is 15.2 Å². The van der Waals surface area contributed by atoms with Crippen molar-refractivity contribution in [3.05, 3.63) is 66.4 Å². The monoisotopic (exact) mass is 362 g/mol. The maximum absolute atomic E-state index is 12.4.